The van der Waals surface area contributed by atoms with E-state index in [9.17, 15) is 5.11 Å². The third-order valence-electron chi connectivity index (χ3n) is 3.09. The number of hydrogen-bond donors (Lipinski definition) is 1. The summed E-state index contributed by atoms with van der Waals surface area (Å²) in [5, 5.41) is 13.8. The SMILES string of the molecule is CC(C)C(c1nc(Cc2cccnc2)no1)C(C)O. The Kier molecular flexibility index (Phi) is 4.27. The summed E-state index contributed by atoms with van der Waals surface area (Å²) in [5.41, 5.74) is 1.04. The molecule has 19 heavy (non-hydrogen) atoms. The molecule has 0 saturated heterocycles. The number of aliphatic hydroxyl groups excluding tert-OH is 1. The molecule has 1 N–H and O–H groups in total. The van der Waals surface area contributed by atoms with Gasteiger partial charge in [0, 0.05) is 18.8 Å². The molecule has 102 valence electrons. The summed E-state index contributed by atoms with van der Waals surface area (Å²) in [7, 11) is 0. The van der Waals surface area contributed by atoms with Crippen LogP contribution in [0, 0.1) is 5.92 Å². The zero-order valence-electron chi connectivity index (χ0n) is 11.4. The minimum Gasteiger partial charge on any atom is -0.393 e. The molecule has 5 nitrogen and oxygen atoms in total. The van der Waals surface area contributed by atoms with Crippen LogP contribution in [0.25, 0.3) is 0 Å². The normalized spacial score (nSPS) is 14.6. The molecule has 2 aromatic heterocycles. The summed E-state index contributed by atoms with van der Waals surface area (Å²) in [5.74, 6) is 1.24. The molecule has 2 unspecified atom stereocenters. The predicted molar refractivity (Wildman–Crippen MR) is 70.6 cm³/mol. The highest BCUT2D eigenvalue weighted by molar-refractivity contribution is 5.14. The predicted octanol–water partition coefficient (Wildman–Crippen LogP) is 2.18. The standard InChI is InChI=1S/C14H19N3O2/c1-9(2)13(10(3)18)14-16-12(17-19-14)7-11-5-4-6-15-8-11/h4-6,8-10,13,18H,7H2,1-3H3. The monoisotopic (exact) mass is 261 g/mol. The largest absolute Gasteiger partial charge is 0.393 e. The van der Waals surface area contributed by atoms with Gasteiger partial charge >= 0.3 is 0 Å². The Bertz CT molecular complexity index is 500. The lowest BCUT2D eigenvalue weighted by atomic mass is 9.91. The first-order chi connectivity index (χ1) is 9.08. The number of rotatable bonds is 5. The van der Waals surface area contributed by atoms with Crippen LogP contribution in [0.2, 0.25) is 0 Å². The van der Waals surface area contributed by atoms with Crippen LogP contribution in [0.1, 0.15) is 44.0 Å². The van der Waals surface area contributed by atoms with Crippen molar-refractivity contribution in [3.05, 3.63) is 41.8 Å². The van der Waals surface area contributed by atoms with Crippen molar-refractivity contribution in [2.75, 3.05) is 0 Å². The maximum Gasteiger partial charge on any atom is 0.232 e. The van der Waals surface area contributed by atoms with Gasteiger partial charge in [-0.1, -0.05) is 25.1 Å². The van der Waals surface area contributed by atoms with Crippen molar-refractivity contribution in [3.8, 4) is 0 Å². The van der Waals surface area contributed by atoms with E-state index in [4.69, 9.17) is 4.52 Å². The number of nitrogens with zero attached hydrogens (tertiary/aromatic N) is 3. The Balaban J connectivity index is 2.14. The average Bonchev–Trinajstić information content (AvgIpc) is 2.77. The van der Waals surface area contributed by atoms with Crippen LogP contribution in [0.15, 0.2) is 29.0 Å². The van der Waals surface area contributed by atoms with E-state index in [1.165, 1.54) is 0 Å². The highest BCUT2D eigenvalue weighted by atomic mass is 16.5. The maximum absolute atomic E-state index is 9.80. The summed E-state index contributed by atoms with van der Waals surface area (Å²) in [4.78, 5) is 8.44. The minimum atomic E-state index is -0.508. The highest BCUT2D eigenvalue weighted by Gasteiger charge is 2.27. The van der Waals surface area contributed by atoms with Crippen LogP contribution in [-0.4, -0.2) is 26.3 Å². The minimum absolute atomic E-state index is 0.129. The lowest BCUT2D eigenvalue weighted by molar-refractivity contribution is 0.120. The van der Waals surface area contributed by atoms with Gasteiger partial charge in [0.15, 0.2) is 5.82 Å². The molecule has 2 rings (SSSR count). The van der Waals surface area contributed by atoms with Gasteiger partial charge in [0.2, 0.25) is 5.89 Å². The molecular weight excluding hydrogens is 242 g/mol. The second-order valence-electron chi connectivity index (χ2n) is 5.10. The topological polar surface area (TPSA) is 72.0 Å². The van der Waals surface area contributed by atoms with Crippen molar-refractivity contribution in [2.24, 2.45) is 5.92 Å². The zero-order valence-corrected chi connectivity index (χ0v) is 11.4. The van der Waals surface area contributed by atoms with Crippen LogP contribution in [0.3, 0.4) is 0 Å². The van der Waals surface area contributed by atoms with Crippen LogP contribution in [0.5, 0.6) is 0 Å². The fourth-order valence-corrected chi connectivity index (χ4v) is 2.21. The van der Waals surface area contributed by atoms with Crippen LogP contribution >= 0.6 is 0 Å². The number of aliphatic hydroxyl groups is 1. The number of pyridine rings is 1. The zero-order chi connectivity index (χ0) is 13.8. The number of hydrogen-bond acceptors (Lipinski definition) is 5. The van der Waals surface area contributed by atoms with E-state index in [0.717, 1.165) is 5.56 Å². The Morgan fingerprint density at radius 1 is 1.32 bits per heavy atom. The molecule has 5 heteroatoms. The van der Waals surface area contributed by atoms with Crippen LogP contribution < -0.4 is 0 Å². The smallest absolute Gasteiger partial charge is 0.232 e. The van der Waals surface area contributed by atoms with Gasteiger partial charge in [0.05, 0.1) is 12.0 Å². The molecule has 0 aromatic carbocycles. The van der Waals surface area contributed by atoms with Crippen molar-refractivity contribution >= 4 is 0 Å². The Morgan fingerprint density at radius 2 is 2.11 bits per heavy atom. The lowest BCUT2D eigenvalue weighted by Gasteiger charge is -2.19. The van der Waals surface area contributed by atoms with E-state index in [-0.39, 0.29) is 11.8 Å². The molecular formula is C14H19N3O2. The molecule has 0 amide bonds. The van der Waals surface area contributed by atoms with Gasteiger partial charge in [0.1, 0.15) is 0 Å². The second-order valence-corrected chi connectivity index (χ2v) is 5.10. The molecule has 2 heterocycles. The van der Waals surface area contributed by atoms with Crippen molar-refractivity contribution in [3.63, 3.8) is 0 Å². The lowest BCUT2D eigenvalue weighted by Crippen LogP contribution is -2.20. The second kappa shape index (κ2) is 5.93. The molecule has 0 aliphatic carbocycles. The number of aromatic nitrogens is 3. The molecule has 0 bridgehead atoms. The van der Waals surface area contributed by atoms with E-state index in [1.807, 2.05) is 26.0 Å². The summed E-state index contributed by atoms with van der Waals surface area (Å²) >= 11 is 0. The first-order valence-corrected chi connectivity index (χ1v) is 6.47. The van der Waals surface area contributed by atoms with Gasteiger partial charge in [-0.15, -0.1) is 0 Å². The molecule has 0 aliphatic heterocycles. The van der Waals surface area contributed by atoms with E-state index >= 15 is 0 Å². The molecule has 0 radical (unpaired) electrons. The maximum atomic E-state index is 9.80. The van der Waals surface area contributed by atoms with E-state index in [0.29, 0.717) is 18.1 Å². The average molecular weight is 261 g/mol. The van der Waals surface area contributed by atoms with Gasteiger partial charge < -0.3 is 9.63 Å². The first-order valence-electron chi connectivity index (χ1n) is 6.47. The quantitative estimate of drug-likeness (QED) is 0.893. The first kappa shape index (κ1) is 13.7. The molecule has 2 atom stereocenters. The van der Waals surface area contributed by atoms with E-state index in [2.05, 4.69) is 15.1 Å². The fraction of sp³-hybridized carbons (Fsp3) is 0.500. The van der Waals surface area contributed by atoms with Crippen LogP contribution in [0.4, 0.5) is 0 Å². The summed E-state index contributed by atoms with van der Waals surface area (Å²) < 4.78 is 5.28. The van der Waals surface area contributed by atoms with Crippen molar-refractivity contribution < 1.29 is 9.63 Å². The van der Waals surface area contributed by atoms with Crippen molar-refractivity contribution in [1.29, 1.82) is 0 Å². The molecule has 2 aromatic rings. The Hall–Kier alpha value is -1.75. The van der Waals surface area contributed by atoms with Crippen LogP contribution in [-0.2, 0) is 6.42 Å². The van der Waals surface area contributed by atoms with E-state index in [1.54, 1.807) is 19.3 Å². The summed E-state index contributed by atoms with van der Waals surface area (Å²) in [6.07, 6.45) is 3.59. The fourth-order valence-electron chi connectivity index (χ4n) is 2.21. The molecule has 0 aliphatic rings. The Labute approximate surface area is 112 Å². The van der Waals surface area contributed by atoms with E-state index < -0.39 is 6.10 Å². The summed E-state index contributed by atoms with van der Waals surface area (Å²) in [6, 6.07) is 3.85. The molecule has 0 fully saturated rings. The third-order valence-corrected chi connectivity index (χ3v) is 3.09. The third kappa shape index (κ3) is 3.38. The van der Waals surface area contributed by atoms with Gasteiger partial charge in [-0.05, 0) is 24.5 Å². The summed E-state index contributed by atoms with van der Waals surface area (Å²) in [6.45, 7) is 5.81. The molecule has 0 spiro atoms. The highest BCUT2D eigenvalue weighted by Crippen LogP contribution is 2.26. The van der Waals surface area contributed by atoms with Gasteiger partial charge in [-0.2, -0.15) is 4.98 Å². The molecule has 0 saturated carbocycles. The Morgan fingerprint density at radius 3 is 2.68 bits per heavy atom. The van der Waals surface area contributed by atoms with Gasteiger partial charge in [-0.3, -0.25) is 4.98 Å². The van der Waals surface area contributed by atoms with Crippen molar-refractivity contribution in [2.45, 2.75) is 39.2 Å². The van der Waals surface area contributed by atoms with Gasteiger partial charge in [-0.25, -0.2) is 0 Å². The van der Waals surface area contributed by atoms with Crippen molar-refractivity contribution in [1.82, 2.24) is 15.1 Å². The van der Waals surface area contributed by atoms with Gasteiger partial charge in [0.25, 0.3) is 0 Å².